The van der Waals surface area contributed by atoms with E-state index in [9.17, 15) is 4.79 Å². The number of rotatable bonds is 4. The SMILES string of the molecule is Cc1cnc(CN2CCCC(c3cc(C(N)=O)n[nH]3)C2)cn1. The minimum absolute atomic E-state index is 0.302. The molecule has 0 bridgehead atoms. The predicted molar refractivity (Wildman–Crippen MR) is 81.1 cm³/mol. The molecule has 3 heterocycles. The van der Waals surface area contributed by atoms with Gasteiger partial charge in [0.1, 0.15) is 5.69 Å². The van der Waals surface area contributed by atoms with E-state index in [0.29, 0.717) is 11.6 Å². The van der Waals surface area contributed by atoms with Crippen molar-refractivity contribution in [2.45, 2.75) is 32.2 Å². The second-order valence-corrected chi connectivity index (χ2v) is 5.80. The monoisotopic (exact) mass is 300 g/mol. The molecule has 22 heavy (non-hydrogen) atoms. The van der Waals surface area contributed by atoms with Crippen molar-refractivity contribution in [2.24, 2.45) is 5.73 Å². The third-order valence-electron chi connectivity index (χ3n) is 4.02. The number of likely N-dealkylation sites (tertiary alicyclic amines) is 1. The van der Waals surface area contributed by atoms with Gasteiger partial charge in [0.2, 0.25) is 0 Å². The molecule has 3 rings (SSSR count). The topological polar surface area (TPSA) is 101 Å². The van der Waals surface area contributed by atoms with E-state index in [0.717, 1.165) is 49.6 Å². The highest BCUT2D eigenvalue weighted by atomic mass is 16.1. The lowest BCUT2D eigenvalue weighted by atomic mass is 9.94. The van der Waals surface area contributed by atoms with Crippen molar-refractivity contribution >= 4 is 5.91 Å². The van der Waals surface area contributed by atoms with Crippen LogP contribution in [-0.4, -0.2) is 44.1 Å². The molecule has 2 aromatic heterocycles. The van der Waals surface area contributed by atoms with E-state index in [-0.39, 0.29) is 0 Å². The van der Waals surface area contributed by atoms with Crippen LogP contribution < -0.4 is 5.73 Å². The van der Waals surface area contributed by atoms with Crippen LogP contribution in [0.1, 0.15) is 46.3 Å². The van der Waals surface area contributed by atoms with Gasteiger partial charge in [-0.1, -0.05) is 0 Å². The van der Waals surface area contributed by atoms with Crippen molar-refractivity contribution < 1.29 is 4.79 Å². The summed E-state index contributed by atoms with van der Waals surface area (Å²) in [5, 5.41) is 6.91. The second kappa shape index (κ2) is 6.23. The van der Waals surface area contributed by atoms with E-state index < -0.39 is 5.91 Å². The maximum atomic E-state index is 11.1. The van der Waals surface area contributed by atoms with Crippen molar-refractivity contribution in [3.05, 3.63) is 41.2 Å². The smallest absolute Gasteiger partial charge is 0.269 e. The lowest BCUT2D eigenvalue weighted by Crippen LogP contribution is -2.34. The molecule has 7 nitrogen and oxygen atoms in total. The van der Waals surface area contributed by atoms with Crippen molar-refractivity contribution in [3.8, 4) is 0 Å². The van der Waals surface area contributed by atoms with Gasteiger partial charge in [0.15, 0.2) is 0 Å². The molecule has 116 valence electrons. The molecule has 0 aromatic carbocycles. The average molecular weight is 300 g/mol. The lowest BCUT2D eigenvalue weighted by Gasteiger charge is -2.31. The number of aromatic amines is 1. The van der Waals surface area contributed by atoms with Gasteiger partial charge in [0.25, 0.3) is 5.91 Å². The molecule has 0 aliphatic carbocycles. The van der Waals surface area contributed by atoms with Crippen molar-refractivity contribution in [2.75, 3.05) is 13.1 Å². The summed E-state index contributed by atoms with van der Waals surface area (Å²) < 4.78 is 0. The Morgan fingerprint density at radius 3 is 3.00 bits per heavy atom. The van der Waals surface area contributed by atoms with Gasteiger partial charge in [0, 0.05) is 37.1 Å². The zero-order valence-electron chi connectivity index (χ0n) is 12.6. The number of primary amides is 1. The fraction of sp³-hybridized carbons (Fsp3) is 0.467. The average Bonchev–Trinajstić information content (AvgIpc) is 3.00. The van der Waals surface area contributed by atoms with Gasteiger partial charge >= 0.3 is 0 Å². The summed E-state index contributed by atoms with van der Waals surface area (Å²) in [6.07, 6.45) is 5.82. The summed E-state index contributed by atoms with van der Waals surface area (Å²) in [6, 6.07) is 1.77. The minimum atomic E-state index is -0.495. The van der Waals surface area contributed by atoms with Crippen LogP contribution in [0, 0.1) is 6.92 Å². The summed E-state index contributed by atoms with van der Waals surface area (Å²) in [7, 11) is 0. The predicted octanol–water partition coefficient (Wildman–Crippen LogP) is 0.987. The van der Waals surface area contributed by atoms with Crippen molar-refractivity contribution in [1.82, 2.24) is 25.1 Å². The van der Waals surface area contributed by atoms with E-state index >= 15 is 0 Å². The second-order valence-electron chi connectivity index (χ2n) is 5.80. The third-order valence-corrected chi connectivity index (χ3v) is 4.02. The molecule has 0 spiro atoms. The molecule has 2 aromatic rings. The maximum absolute atomic E-state index is 11.1. The minimum Gasteiger partial charge on any atom is -0.364 e. The number of nitrogens with one attached hydrogen (secondary N) is 1. The number of carbonyl (C=O) groups excluding carboxylic acids is 1. The van der Waals surface area contributed by atoms with Gasteiger partial charge < -0.3 is 5.73 Å². The van der Waals surface area contributed by atoms with Crippen LogP contribution in [0.15, 0.2) is 18.5 Å². The summed E-state index contributed by atoms with van der Waals surface area (Å²) in [5.74, 6) is -0.155. The van der Waals surface area contributed by atoms with Gasteiger partial charge in [0.05, 0.1) is 11.4 Å². The van der Waals surface area contributed by atoms with E-state index in [1.165, 1.54) is 0 Å². The van der Waals surface area contributed by atoms with Crippen LogP contribution in [0.3, 0.4) is 0 Å². The summed E-state index contributed by atoms with van der Waals surface area (Å²) >= 11 is 0. The van der Waals surface area contributed by atoms with Crippen LogP contribution in [0.25, 0.3) is 0 Å². The number of aromatic nitrogens is 4. The Labute approximate surface area is 129 Å². The van der Waals surface area contributed by atoms with Gasteiger partial charge in [-0.2, -0.15) is 5.10 Å². The molecular formula is C15H20N6O. The number of amides is 1. The molecule has 1 fully saturated rings. The van der Waals surface area contributed by atoms with E-state index in [2.05, 4.69) is 25.1 Å². The van der Waals surface area contributed by atoms with Crippen LogP contribution in [-0.2, 0) is 6.54 Å². The molecule has 1 atom stereocenters. The number of hydrogen-bond acceptors (Lipinski definition) is 5. The molecular weight excluding hydrogens is 280 g/mol. The van der Waals surface area contributed by atoms with Crippen molar-refractivity contribution in [3.63, 3.8) is 0 Å². The van der Waals surface area contributed by atoms with E-state index in [1.807, 2.05) is 13.1 Å². The number of H-pyrrole nitrogens is 1. The standard InChI is InChI=1S/C15H20N6O/c1-10-6-18-12(7-17-10)9-21-4-2-3-11(8-21)13-5-14(15(16)22)20-19-13/h5-7,11H,2-4,8-9H2,1H3,(H2,16,22)(H,19,20). The molecule has 3 N–H and O–H groups in total. The van der Waals surface area contributed by atoms with E-state index in [1.54, 1.807) is 12.3 Å². The van der Waals surface area contributed by atoms with Crippen LogP contribution in [0.2, 0.25) is 0 Å². The summed E-state index contributed by atoms with van der Waals surface area (Å²) in [4.78, 5) is 22.2. The molecule has 1 saturated heterocycles. The Morgan fingerprint density at radius 1 is 1.45 bits per heavy atom. The molecule has 0 radical (unpaired) electrons. The first-order chi connectivity index (χ1) is 10.6. The van der Waals surface area contributed by atoms with Crippen LogP contribution >= 0.6 is 0 Å². The molecule has 1 unspecified atom stereocenters. The molecule has 1 amide bonds. The Balaban J connectivity index is 1.65. The van der Waals surface area contributed by atoms with E-state index in [4.69, 9.17) is 5.73 Å². The first kappa shape index (κ1) is 14.6. The van der Waals surface area contributed by atoms with Crippen molar-refractivity contribution in [1.29, 1.82) is 0 Å². The Kier molecular flexibility index (Phi) is 4.15. The number of aryl methyl sites for hydroxylation is 1. The summed E-state index contributed by atoms with van der Waals surface area (Å²) in [5.41, 5.74) is 8.44. The summed E-state index contributed by atoms with van der Waals surface area (Å²) in [6.45, 7) is 4.68. The maximum Gasteiger partial charge on any atom is 0.269 e. The number of piperidine rings is 1. The van der Waals surface area contributed by atoms with Gasteiger partial charge in [-0.25, -0.2) is 0 Å². The Bertz CT molecular complexity index is 650. The number of nitrogens with two attached hydrogens (primary N) is 1. The lowest BCUT2D eigenvalue weighted by molar-refractivity contribution is 0.0995. The quantitative estimate of drug-likeness (QED) is 0.876. The number of hydrogen-bond donors (Lipinski definition) is 2. The van der Waals surface area contributed by atoms with Crippen LogP contribution in [0.5, 0.6) is 0 Å². The number of nitrogens with zero attached hydrogens (tertiary/aromatic N) is 4. The highest BCUT2D eigenvalue weighted by Gasteiger charge is 2.23. The Hall–Kier alpha value is -2.28. The molecule has 1 aliphatic heterocycles. The zero-order valence-corrected chi connectivity index (χ0v) is 12.6. The highest BCUT2D eigenvalue weighted by Crippen LogP contribution is 2.26. The molecule has 7 heteroatoms. The zero-order chi connectivity index (χ0) is 15.5. The normalized spacial score (nSPS) is 19.2. The molecule has 1 aliphatic rings. The van der Waals surface area contributed by atoms with Gasteiger partial charge in [-0.15, -0.1) is 0 Å². The fourth-order valence-electron chi connectivity index (χ4n) is 2.86. The fourth-order valence-corrected chi connectivity index (χ4v) is 2.86. The van der Waals surface area contributed by atoms with Crippen LogP contribution in [0.4, 0.5) is 0 Å². The third kappa shape index (κ3) is 3.30. The molecule has 0 saturated carbocycles. The first-order valence-electron chi connectivity index (χ1n) is 7.47. The largest absolute Gasteiger partial charge is 0.364 e. The number of carbonyl (C=O) groups is 1. The van der Waals surface area contributed by atoms with Gasteiger partial charge in [-0.3, -0.25) is 24.8 Å². The first-order valence-corrected chi connectivity index (χ1v) is 7.47. The van der Waals surface area contributed by atoms with Gasteiger partial charge in [-0.05, 0) is 32.4 Å². The highest BCUT2D eigenvalue weighted by molar-refractivity contribution is 5.90. The Morgan fingerprint density at radius 2 is 2.32 bits per heavy atom.